The second-order valence-electron chi connectivity index (χ2n) is 15.2. The van der Waals surface area contributed by atoms with Gasteiger partial charge in [0.1, 0.15) is 10.9 Å². The standard InChI is InChI=1S/C24H37NO2.C15H29BrO2.C9H9N.CH4/c1-4-5-6-7-8-9-10-11-12-13-18-23(24(26)27-3)25-20(2)19-21-16-14-15-17-22(21)25;1-3-4-5-6-7-8-9-10-11-12-13-14(16)15(17)18-2;1-7-6-8-4-2-3-5-9(8)10-7;/h14-17,19,23H,4-13,18H2,1-3H3;14H,3-13H2,1-2H3;2-6,10H,1H3;1H4. The number of para-hydroxylation sites is 2. The van der Waals surface area contributed by atoms with Crippen LogP contribution in [-0.4, -0.2) is 40.5 Å². The van der Waals surface area contributed by atoms with Crippen LogP contribution in [0.2, 0.25) is 0 Å². The van der Waals surface area contributed by atoms with Crippen molar-refractivity contribution in [3.8, 4) is 0 Å². The number of halogens is 1. The fraction of sp³-hybridized carbons (Fsp3) is 0.633. The summed E-state index contributed by atoms with van der Waals surface area (Å²) in [5, 5.41) is 2.48. The van der Waals surface area contributed by atoms with E-state index < -0.39 is 0 Å². The highest BCUT2D eigenvalue weighted by Crippen LogP contribution is 2.28. The number of aryl methyl sites for hydroxylation is 2. The van der Waals surface area contributed by atoms with Crippen molar-refractivity contribution in [2.45, 2.75) is 187 Å². The lowest BCUT2D eigenvalue weighted by Crippen LogP contribution is -2.21. The summed E-state index contributed by atoms with van der Waals surface area (Å²) in [5.41, 5.74) is 4.69. The molecule has 0 aliphatic rings. The highest BCUT2D eigenvalue weighted by atomic mass is 79.9. The monoisotopic (exact) mass is 839 g/mol. The molecular weight excluding hydrogens is 760 g/mol. The van der Waals surface area contributed by atoms with Crippen LogP contribution in [0, 0.1) is 13.8 Å². The molecule has 0 aliphatic heterocycles. The van der Waals surface area contributed by atoms with Gasteiger partial charge in [0.15, 0.2) is 0 Å². The van der Waals surface area contributed by atoms with E-state index in [0.717, 1.165) is 36.9 Å². The fourth-order valence-electron chi connectivity index (χ4n) is 7.32. The van der Waals surface area contributed by atoms with Crippen LogP contribution in [0.1, 0.15) is 180 Å². The van der Waals surface area contributed by atoms with Gasteiger partial charge in [-0.25, -0.2) is 4.79 Å². The summed E-state index contributed by atoms with van der Waals surface area (Å²) < 4.78 is 12.0. The molecule has 2 aromatic heterocycles. The van der Waals surface area contributed by atoms with Gasteiger partial charge < -0.3 is 19.0 Å². The van der Waals surface area contributed by atoms with Crippen LogP contribution < -0.4 is 0 Å². The van der Waals surface area contributed by atoms with Gasteiger partial charge in [-0.3, -0.25) is 4.79 Å². The zero-order valence-corrected chi connectivity index (χ0v) is 37.0. The van der Waals surface area contributed by atoms with Crippen LogP contribution in [0.15, 0.2) is 60.7 Å². The van der Waals surface area contributed by atoms with Gasteiger partial charge in [-0.05, 0) is 61.7 Å². The van der Waals surface area contributed by atoms with Gasteiger partial charge in [0.25, 0.3) is 0 Å². The van der Waals surface area contributed by atoms with Crippen LogP contribution >= 0.6 is 15.9 Å². The molecule has 2 heterocycles. The van der Waals surface area contributed by atoms with E-state index in [-0.39, 0.29) is 30.2 Å². The summed E-state index contributed by atoms with van der Waals surface area (Å²) in [4.78, 5) is 26.7. The zero-order chi connectivity index (χ0) is 40.1. The molecule has 0 saturated heterocycles. The van der Waals surface area contributed by atoms with Crippen LogP contribution in [0.3, 0.4) is 0 Å². The molecule has 0 amide bonds. The minimum Gasteiger partial charge on any atom is -0.468 e. The molecule has 316 valence electrons. The largest absolute Gasteiger partial charge is 0.468 e. The number of unbranched alkanes of at least 4 members (excludes halogenated alkanes) is 18. The van der Waals surface area contributed by atoms with Crippen molar-refractivity contribution in [2.24, 2.45) is 0 Å². The Balaban J connectivity index is 0.000000463. The molecule has 0 saturated carbocycles. The van der Waals surface area contributed by atoms with E-state index in [1.165, 1.54) is 152 Å². The molecule has 7 heteroatoms. The van der Waals surface area contributed by atoms with Crippen molar-refractivity contribution in [1.29, 1.82) is 0 Å². The fourth-order valence-corrected chi connectivity index (χ4v) is 7.83. The number of hydrogen-bond acceptors (Lipinski definition) is 4. The molecule has 6 nitrogen and oxygen atoms in total. The lowest BCUT2D eigenvalue weighted by molar-refractivity contribution is -0.144. The number of hydrogen-bond donors (Lipinski definition) is 1. The number of benzene rings is 2. The number of H-pyrrole nitrogens is 1. The smallest absolute Gasteiger partial charge is 0.328 e. The highest BCUT2D eigenvalue weighted by Gasteiger charge is 2.23. The summed E-state index contributed by atoms with van der Waals surface area (Å²) in [6.45, 7) is 8.67. The average molecular weight is 840 g/mol. The van der Waals surface area contributed by atoms with Gasteiger partial charge in [-0.2, -0.15) is 0 Å². The molecule has 2 aromatic carbocycles. The zero-order valence-electron chi connectivity index (χ0n) is 35.4. The Morgan fingerprint density at radius 1 is 0.607 bits per heavy atom. The Hall–Kier alpha value is -3.06. The molecule has 4 rings (SSSR count). The number of carbonyl (C=O) groups is 2. The third-order valence-electron chi connectivity index (χ3n) is 10.5. The SMILES string of the molecule is C.CCCCCCCCCCCCC(Br)C(=O)OC.CCCCCCCCCCCCC(C(=O)OC)n1c(C)cc2ccccc21.Cc1cc2ccccc2[nH]1. The first-order chi connectivity index (χ1) is 26.8. The first-order valence-corrected chi connectivity index (χ1v) is 22.6. The van der Waals surface area contributed by atoms with E-state index in [4.69, 9.17) is 4.74 Å². The van der Waals surface area contributed by atoms with Gasteiger partial charge in [0.2, 0.25) is 0 Å². The molecule has 56 heavy (non-hydrogen) atoms. The lowest BCUT2D eigenvalue weighted by Gasteiger charge is -2.20. The summed E-state index contributed by atoms with van der Waals surface area (Å²) in [6.07, 6.45) is 28.1. The molecule has 4 aromatic rings. The second kappa shape index (κ2) is 32.0. The highest BCUT2D eigenvalue weighted by molar-refractivity contribution is 9.10. The van der Waals surface area contributed by atoms with E-state index in [1.54, 1.807) is 0 Å². The van der Waals surface area contributed by atoms with E-state index in [9.17, 15) is 9.59 Å². The number of nitrogens with one attached hydrogen (secondary N) is 1. The Labute approximate surface area is 350 Å². The summed E-state index contributed by atoms with van der Waals surface area (Å²) in [5.74, 6) is -0.277. The molecule has 0 bridgehead atoms. The van der Waals surface area contributed by atoms with Crippen LogP contribution in [0.25, 0.3) is 21.8 Å². The normalized spacial score (nSPS) is 11.8. The molecule has 2 unspecified atom stereocenters. The molecule has 1 N–H and O–H groups in total. The third-order valence-corrected chi connectivity index (χ3v) is 11.3. The quantitative estimate of drug-likeness (QED) is 0.0410. The number of rotatable bonds is 25. The van der Waals surface area contributed by atoms with Crippen molar-refractivity contribution in [2.75, 3.05) is 14.2 Å². The topological polar surface area (TPSA) is 73.3 Å². The minimum atomic E-state index is -0.219. The van der Waals surface area contributed by atoms with Crippen LogP contribution in [0.5, 0.6) is 0 Å². The van der Waals surface area contributed by atoms with Crippen molar-refractivity contribution in [3.05, 3.63) is 72.1 Å². The third kappa shape index (κ3) is 20.4. The van der Waals surface area contributed by atoms with Gasteiger partial charge in [-0.15, -0.1) is 0 Å². The van der Waals surface area contributed by atoms with Gasteiger partial charge in [0, 0.05) is 22.4 Å². The number of alkyl halides is 1. The van der Waals surface area contributed by atoms with E-state index in [0.29, 0.717) is 0 Å². The van der Waals surface area contributed by atoms with Crippen LogP contribution in [-0.2, 0) is 19.1 Å². The Kier molecular flexibility index (Phi) is 29.1. The number of aromatic amines is 1. The summed E-state index contributed by atoms with van der Waals surface area (Å²) in [7, 11) is 2.93. The number of methoxy groups -OCH3 is 2. The number of fused-ring (bicyclic) bond motifs is 2. The first-order valence-electron chi connectivity index (χ1n) is 21.7. The first kappa shape index (κ1) is 51.0. The molecule has 2 atom stereocenters. The number of esters is 2. The van der Waals surface area contributed by atoms with Crippen molar-refractivity contribution in [1.82, 2.24) is 9.55 Å². The predicted octanol–water partition coefficient (Wildman–Crippen LogP) is 15.3. The van der Waals surface area contributed by atoms with Crippen molar-refractivity contribution >= 4 is 49.7 Å². The van der Waals surface area contributed by atoms with Crippen molar-refractivity contribution < 1.29 is 19.1 Å². The summed E-state index contributed by atoms with van der Waals surface area (Å²) in [6, 6.07) is 20.6. The number of ether oxygens (including phenoxy) is 2. The Morgan fingerprint density at radius 2 is 1.05 bits per heavy atom. The molecule has 0 radical (unpaired) electrons. The molecule has 0 fully saturated rings. The van der Waals surface area contributed by atoms with Gasteiger partial charge in [-0.1, -0.05) is 202 Å². The maximum absolute atomic E-state index is 12.5. The van der Waals surface area contributed by atoms with Gasteiger partial charge >= 0.3 is 11.9 Å². The lowest BCUT2D eigenvalue weighted by atomic mass is 10.0. The van der Waals surface area contributed by atoms with Crippen molar-refractivity contribution in [3.63, 3.8) is 0 Å². The van der Waals surface area contributed by atoms with E-state index in [2.05, 4.69) is 100 Å². The number of nitrogens with zero attached hydrogens (tertiary/aromatic N) is 1. The Morgan fingerprint density at radius 3 is 1.55 bits per heavy atom. The van der Waals surface area contributed by atoms with E-state index >= 15 is 0 Å². The molecule has 0 spiro atoms. The average Bonchev–Trinajstić information content (AvgIpc) is 3.75. The maximum Gasteiger partial charge on any atom is 0.328 e. The number of carbonyl (C=O) groups excluding carboxylic acids is 2. The minimum absolute atomic E-state index is 0. The maximum atomic E-state index is 12.5. The van der Waals surface area contributed by atoms with Gasteiger partial charge in [0.05, 0.1) is 14.2 Å². The number of aromatic nitrogens is 2. The van der Waals surface area contributed by atoms with E-state index in [1.807, 2.05) is 18.2 Å². The predicted molar refractivity (Wildman–Crippen MR) is 245 cm³/mol. The summed E-state index contributed by atoms with van der Waals surface area (Å²) >= 11 is 3.35. The second-order valence-corrected chi connectivity index (χ2v) is 16.3. The Bertz CT molecular complexity index is 1540. The molecular formula is C49H79BrN2O4. The molecule has 0 aliphatic carbocycles. The van der Waals surface area contributed by atoms with Crippen LogP contribution in [0.4, 0.5) is 0 Å².